The molecule has 1 aromatic heterocycles. The van der Waals surface area contributed by atoms with Crippen LogP contribution in [0.5, 0.6) is 0 Å². The minimum atomic E-state index is 0.298. The number of aryl methyl sites for hydroxylation is 1. The molecule has 100 valence electrons. The topological polar surface area (TPSA) is 56.3 Å². The van der Waals surface area contributed by atoms with Gasteiger partial charge in [0.25, 0.3) is 0 Å². The Morgan fingerprint density at radius 3 is 3.00 bits per heavy atom. The normalized spacial score (nSPS) is 25.1. The van der Waals surface area contributed by atoms with Gasteiger partial charge in [-0.2, -0.15) is 0 Å². The molecule has 0 radical (unpaired) electrons. The Labute approximate surface area is 108 Å². The number of nitrogens with zero attached hydrogens (tertiary/aromatic N) is 3. The van der Waals surface area contributed by atoms with Gasteiger partial charge in [-0.25, -0.2) is 4.98 Å². The lowest BCUT2D eigenvalue weighted by Crippen LogP contribution is -2.37. The van der Waals surface area contributed by atoms with Gasteiger partial charge in [0.05, 0.1) is 18.9 Å². The summed E-state index contributed by atoms with van der Waals surface area (Å²) in [7, 11) is 0. The SMILES string of the molecule is NC1CCn2cc(CCN3CCOCC3)nc2C1. The van der Waals surface area contributed by atoms with Crippen LogP contribution in [0.2, 0.25) is 0 Å². The molecule has 5 heteroatoms. The van der Waals surface area contributed by atoms with Crippen LogP contribution in [0.3, 0.4) is 0 Å². The summed E-state index contributed by atoms with van der Waals surface area (Å²) in [5, 5.41) is 0. The first-order valence-electron chi connectivity index (χ1n) is 6.92. The average Bonchev–Trinajstić information content (AvgIpc) is 2.79. The van der Waals surface area contributed by atoms with Crippen LogP contribution in [0.4, 0.5) is 0 Å². The van der Waals surface area contributed by atoms with E-state index in [1.807, 2.05) is 0 Å². The van der Waals surface area contributed by atoms with Crippen LogP contribution in [0, 0.1) is 0 Å². The zero-order chi connectivity index (χ0) is 12.4. The fraction of sp³-hybridized carbons (Fsp3) is 0.769. The van der Waals surface area contributed by atoms with Crippen molar-refractivity contribution in [1.82, 2.24) is 14.5 Å². The van der Waals surface area contributed by atoms with Crippen LogP contribution in [0.1, 0.15) is 17.9 Å². The quantitative estimate of drug-likeness (QED) is 0.822. The summed E-state index contributed by atoms with van der Waals surface area (Å²) in [5.41, 5.74) is 7.19. The average molecular weight is 250 g/mol. The van der Waals surface area contributed by atoms with Crippen LogP contribution in [-0.4, -0.2) is 53.3 Å². The molecule has 0 bridgehead atoms. The first-order chi connectivity index (χ1) is 8.81. The molecule has 2 N–H and O–H groups in total. The molecule has 3 rings (SSSR count). The number of hydrogen-bond donors (Lipinski definition) is 1. The first kappa shape index (κ1) is 12.1. The molecule has 1 fully saturated rings. The summed E-state index contributed by atoms with van der Waals surface area (Å²) in [5.74, 6) is 1.17. The highest BCUT2D eigenvalue weighted by Gasteiger charge is 2.18. The van der Waals surface area contributed by atoms with Crippen molar-refractivity contribution in [2.24, 2.45) is 5.73 Å². The summed E-state index contributed by atoms with van der Waals surface area (Å²) in [6.45, 7) is 5.97. The van der Waals surface area contributed by atoms with Crippen LogP contribution in [0.15, 0.2) is 6.20 Å². The molecule has 2 aliphatic heterocycles. The van der Waals surface area contributed by atoms with Crippen LogP contribution in [-0.2, 0) is 24.1 Å². The molecule has 1 atom stereocenters. The largest absolute Gasteiger partial charge is 0.379 e. The van der Waals surface area contributed by atoms with Crippen molar-refractivity contribution in [2.45, 2.75) is 31.8 Å². The number of aromatic nitrogens is 2. The number of fused-ring (bicyclic) bond motifs is 1. The molecule has 0 amide bonds. The summed E-state index contributed by atoms with van der Waals surface area (Å²) in [6, 6.07) is 0.298. The van der Waals surface area contributed by atoms with E-state index in [0.29, 0.717) is 6.04 Å². The lowest BCUT2D eigenvalue weighted by molar-refractivity contribution is 0.0383. The van der Waals surface area contributed by atoms with E-state index in [4.69, 9.17) is 15.5 Å². The zero-order valence-electron chi connectivity index (χ0n) is 10.8. The molecule has 1 saturated heterocycles. The van der Waals surface area contributed by atoms with Gasteiger partial charge in [-0.05, 0) is 6.42 Å². The van der Waals surface area contributed by atoms with E-state index >= 15 is 0 Å². The predicted molar refractivity (Wildman–Crippen MR) is 69.5 cm³/mol. The highest BCUT2D eigenvalue weighted by Crippen LogP contribution is 2.14. The maximum absolute atomic E-state index is 5.97. The van der Waals surface area contributed by atoms with E-state index in [1.54, 1.807) is 0 Å². The van der Waals surface area contributed by atoms with E-state index in [0.717, 1.165) is 58.7 Å². The predicted octanol–water partition coefficient (Wildman–Crippen LogP) is 0.0313. The van der Waals surface area contributed by atoms with Crippen molar-refractivity contribution in [3.8, 4) is 0 Å². The van der Waals surface area contributed by atoms with E-state index in [2.05, 4.69) is 15.7 Å². The van der Waals surface area contributed by atoms with Gasteiger partial charge in [0.15, 0.2) is 0 Å². The van der Waals surface area contributed by atoms with Crippen molar-refractivity contribution < 1.29 is 4.74 Å². The summed E-state index contributed by atoms with van der Waals surface area (Å²) >= 11 is 0. The molecule has 18 heavy (non-hydrogen) atoms. The maximum Gasteiger partial charge on any atom is 0.110 e. The van der Waals surface area contributed by atoms with Gasteiger partial charge in [-0.15, -0.1) is 0 Å². The molecule has 0 saturated carbocycles. The van der Waals surface area contributed by atoms with E-state index in [9.17, 15) is 0 Å². The molecular formula is C13H22N4O. The third kappa shape index (κ3) is 2.74. The van der Waals surface area contributed by atoms with Crippen molar-refractivity contribution in [2.75, 3.05) is 32.8 Å². The molecule has 2 aliphatic rings. The Balaban J connectivity index is 1.56. The Morgan fingerprint density at radius 1 is 1.33 bits per heavy atom. The van der Waals surface area contributed by atoms with E-state index < -0.39 is 0 Å². The number of imidazole rings is 1. The highest BCUT2D eigenvalue weighted by atomic mass is 16.5. The van der Waals surface area contributed by atoms with Gasteiger partial charge >= 0.3 is 0 Å². The van der Waals surface area contributed by atoms with Crippen LogP contribution >= 0.6 is 0 Å². The third-order valence-corrected chi connectivity index (χ3v) is 3.88. The van der Waals surface area contributed by atoms with E-state index in [-0.39, 0.29) is 0 Å². The van der Waals surface area contributed by atoms with Crippen LogP contribution < -0.4 is 5.73 Å². The van der Waals surface area contributed by atoms with Gasteiger partial charge in [0.2, 0.25) is 0 Å². The molecule has 0 spiro atoms. The fourth-order valence-corrected chi connectivity index (χ4v) is 2.73. The Morgan fingerprint density at radius 2 is 2.17 bits per heavy atom. The number of morpholine rings is 1. The van der Waals surface area contributed by atoms with Crippen molar-refractivity contribution in [3.05, 3.63) is 17.7 Å². The number of hydrogen-bond acceptors (Lipinski definition) is 4. The monoisotopic (exact) mass is 250 g/mol. The fourth-order valence-electron chi connectivity index (χ4n) is 2.73. The van der Waals surface area contributed by atoms with Gasteiger partial charge in [-0.1, -0.05) is 0 Å². The number of ether oxygens (including phenoxy) is 1. The minimum Gasteiger partial charge on any atom is -0.379 e. The summed E-state index contributed by atoms with van der Waals surface area (Å²) < 4.78 is 7.63. The van der Waals surface area contributed by atoms with Crippen molar-refractivity contribution in [3.63, 3.8) is 0 Å². The lowest BCUT2D eigenvalue weighted by atomic mass is 10.1. The van der Waals surface area contributed by atoms with Crippen molar-refractivity contribution >= 4 is 0 Å². The zero-order valence-corrected chi connectivity index (χ0v) is 10.8. The minimum absolute atomic E-state index is 0.298. The van der Waals surface area contributed by atoms with Gasteiger partial charge in [-0.3, -0.25) is 4.90 Å². The molecule has 1 aromatic rings. The van der Waals surface area contributed by atoms with Gasteiger partial charge in [0.1, 0.15) is 5.82 Å². The Kier molecular flexibility index (Phi) is 3.63. The summed E-state index contributed by atoms with van der Waals surface area (Å²) in [4.78, 5) is 7.16. The third-order valence-electron chi connectivity index (χ3n) is 3.88. The molecule has 0 aromatic carbocycles. The van der Waals surface area contributed by atoms with E-state index in [1.165, 1.54) is 11.5 Å². The lowest BCUT2D eigenvalue weighted by Gasteiger charge is -2.26. The number of nitrogens with two attached hydrogens (primary N) is 1. The number of rotatable bonds is 3. The molecule has 1 unspecified atom stereocenters. The molecular weight excluding hydrogens is 228 g/mol. The maximum atomic E-state index is 5.97. The Hall–Kier alpha value is -0.910. The molecule has 5 nitrogen and oxygen atoms in total. The standard InChI is InChI=1S/C13H22N4O/c14-11-1-4-17-10-12(15-13(17)9-11)2-3-16-5-7-18-8-6-16/h10-11H,1-9,14H2. The summed E-state index contributed by atoms with van der Waals surface area (Å²) in [6.07, 6.45) is 5.25. The van der Waals surface area contributed by atoms with Gasteiger partial charge in [0, 0.05) is 51.3 Å². The molecule has 3 heterocycles. The second kappa shape index (κ2) is 5.38. The smallest absolute Gasteiger partial charge is 0.110 e. The van der Waals surface area contributed by atoms with Crippen LogP contribution in [0.25, 0.3) is 0 Å². The molecule has 0 aliphatic carbocycles. The second-order valence-corrected chi connectivity index (χ2v) is 5.30. The highest BCUT2D eigenvalue weighted by molar-refractivity contribution is 5.08. The first-order valence-corrected chi connectivity index (χ1v) is 6.92. The second-order valence-electron chi connectivity index (χ2n) is 5.30. The van der Waals surface area contributed by atoms with Gasteiger partial charge < -0.3 is 15.0 Å². The Bertz CT molecular complexity index is 398. The van der Waals surface area contributed by atoms with Crippen molar-refractivity contribution in [1.29, 1.82) is 0 Å².